The van der Waals surface area contributed by atoms with Gasteiger partial charge in [0.2, 0.25) is 0 Å². The molecule has 0 radical (unpaired) electrons. The molecule has 0 fully saturated rings. The molecule has 1 aliphatic rings. The van der Waals surface area contributed by atoms with Gasteiger partial charge >= 0.3 is 0 Å². The minimum atomic E-state index is -0.500. The molecule has 0 heterocycles. The maximum absolute atomic E-state index is 4.59. The van der Waals surface area contributed by atoms with Crippen LogP contribution in [0.1, 0.15) is 51.4 Å². The van der Waals surface area contributed by atoms with Crippen molar-refractivity contribution in [2.75, 3.05) is 0 Å². The van der Waals surface area contributed by atoms with Crippen molar-refractivity contribution < 1.29 is 0 Å². The van der Waals surface area contributed by atoms with Crippen LogP contribution in [0, 0.1) is 6.92 Å². The molecule has 0 bridgehead atoms. The van der Waals surface area contributed by atoms with Gasteiger partial charge < -0.3 is 0 Å². The van der Waals surface area contributed by atoms with Crippen LogP contribution >= 0.6 is 0 Å². The Morgan fingerprint density at radius 2 is 1.10 bits per heavy atom. The molecule has 51 heavy (non-hydrogen) atoms. The highest BCUT2D eigenvalue weighted by Gasteiger charge is 2.48. The lowest BCUT2D eigenvalue weighted by Gasteiger charge is -2.36. The van der Waals surface area contributed by atoms with Crippen LogP contribution in [0.4, 0.5) is 0 Å². The summed E-state index contributed by atoms with van der Waals surface area (Å²) in [5.41, 5.74) is 18.9. The lowest BCUT2D eigenvalue weighted by atomic mass is 9.65. The van der Waals surface area contributed by atoms with Crippen LogP contribution in [0.25, 0.3) is 50.6 Å². The summed E-state index contributed by atoms with van der Waals surface area (Å²) in [4.78, 5) is 0. The summed E-state index contributed by atoms with van der Waals surface area (Å²) in [5.74, 6) is 0. The number of hydrogen-bond donors (Lipinski definition) is 0. The standard InChI is InChI=1S/C51H40/c1-5-38-18-10-13-26-47(38)51(46-25-12-9-17-35(46)2)48-27-14-11-23-45(48)50-44(24-16-28-49(50)51)37(4)33-36(3)42-21-15-22-43(34-42)41-31-29-40(30-32-41)39-19-7-6-8-20-39/h5-34H,1,3H2,2,4H3/b37-33+. The topological polar surface area (TPSA) is 0 Å². The number of aryl methyl sites for hydroxylation is 1. The molecule has 7 aromatic carbocycles. The Morgan fingerprint density at radius 3 is 1.84 bits per heavy atom. The third-order valence-corrected chi connectivity index (χ3v) is 10.6. The van der Waals surface area contributed by atoms with Crippen LogP contribution in [0.15, 0.2) is 189 Å². The van der Waals surface area contributed by atoms with Crippen molar-refractivity contribution in [1.29, 1.82) is 0 Å². The fraction of sp³-hybridized carbons (Fsp3) is 0.0588. The smallest absolute Gasteiger partial charge is 0.0722 e. The molecule has 8 rings (SSSR count). The van der Waals surface area contributed by atoms with Crippen LogP contribution in [-0.2, 0) is 5.41 Å². The van der Waals surface area contributed by atoms with Crippen LogP contribution in [-0.4, -0.2) is 0 Å². The molecule has 1 aliphatic carbocycles. The number of rotatable bonds is 8. The molecule has 0 N–H and O–H groups in total. The number of benzene rings is 7. The normalized spacial score (nSPS) is 14.8. The average molecular weight is 653 g/mol. The summed E-state index contributed by atoms with van der Waals surface area (Å²) in [5, 5.41) is 0. The minimum Gasteiger partial charge on any atom is -0.0985 e. The molecule has 0 amide bonds. The summed E-state index contributed by atoms with van der Waals surface area (Å²) in [6, 6.07) is 61.5. The molecular weight excluding hydrogens is 613 g/mol. The van der Waals surface area contributed by atoms with Gasteiger partial charge in [-0.15, -0.1) is 0 Å². The highest BCUT2D eigenvalue weighted by Crippen LogP contribution is 2.58. The summed E-state index contributed by atoms with van der Waals surface area (Å²) in [6.45, 7) is 13.3. The number of allylic oxidation sites excluding steroid dienone is 3. The zero-order valence-electron chi connectivity index (χ0n) is 29.2. The van der Waals surface area contributed by atoms with Gasteiger partial charge in [-0.2, -0.15) is 0 Å². The SMILES string of the molecule is C=Cc1ccccc1C1(c2ccccc2C)c2ccccc2-c2c(/C(C)=C/C(=C)c3cccc(-c4ccc(-c5ccccc5)cc4)c3)cccc21. The van der Waals surface area contributed by atoms with E-state index < -0.39 is 5.41 Å². The molecule has 0 spiro atoms. The van der Waals surface area contributed by atoms with Crippen molar-refractivity contribution in [3.8, 4) is 33.4 Å². The highest BCUT2D eigenvalue weighted by atomic mass is 14.5. The van der Waals surface area contributed by atoms with Gasteiger partial charge in [-0.05, 0) is 109 Å². The van der Waals surface area contributed by atoms with E-state index in [9.17, 15) is 0 Å². The predicted octanol–water partition coefficient (Wildman–Crippen LogP) is 13.5. The third kappa shape index (κ3) is 5.41. The lowest BCUT2D eigenvalue weighted by molar-refractivity contribution is 0.759. The van der Waals surface area contributed by atoms with Gasteiger partial charge in [0.1, 0.15) is 0 Å². The van der Waals surface area contributed by atoms with Gasteiger partial charge in [0.25, 0.3) is 0 Å². The van der Waals surface area contributed by atoms with Gasteiger partial charge in [0.05, 0.1) is 5.41 Å². The van der Waals surface area contributed by atoms with Crippen LogP contribution < -0.4 is 0 Å². The first kappa shape index (κ1) is 32.0. The molecule has 0 aliphatic heterocycles. The van der Waals surface area contributed by atoms with Crippen LogP contribution in [0.2, 0.25) is 0 Å². The Morgan fingerprint density at radius 1 is 0.529 bits per heavy atom. The van der Waals surface area contributed by atoms with E-state index in [0.29, 0.717) is 0 Å². The largest absolute Gasteiger partial charge is 0.0985 e. The maximum atomic E-state index is 4.59. The first-order valence-electron chi connectivity index (χ1n) is 17.7. The molecule has 1 unspecified atom stereocenters. The Labute approximate surface area is 302 Å². The van der Waals surface area contributed by atoms with Crippen molar-refractivity contribution in [3.05, 3.63) is 234 Å². The molecule has 7 aromatic rings. The molecule has 244 valence electrons. The average Bonchev–Trinajstić information content (AvgIpc) is 3.49. The molecule has 0 saturated heterocycles. The zero-order valence-corrected chi connectivity index (χ0v) is 29.2. The Balaban J connectivity index is 1.23. The molecule has 1 atom stereocenters. The first-order valence-corrected chi connectivity index (χ1v) is 17.7. The molecular formula is C51H40. The van der Waals surface area contributed by atoms with Gasteiger partial charge in [-0.25, -0.2) is 0 Å². The van der Waals surface area contributed by atoms with Crippen LogP contribution in [0.3, 0.4) is 0 Å². The van der Waals surface area contributed by atoms with E-state index in [2.05, 4.69) is 203 Å². The monoisotopic (exact) mass is 652 g/mol. The Hall–Kier alpha value is -6.24. The van der Waals surface area contributed by atoms with E-state index in [4.69, 9.17) is 0 Å². The molecule has 0 heteroatoms. The van der Waals surface area contributed by atoms with Gasteiger partial charge in [0, 0.05) is 0 Å². The zero-order chi connectivity index (χ0) is 35.0. The van der Waals surface area contributed by atoms with Crippen molar-refractivity contribution >= 4 is 17.2 Å². The number of hydrogen-bond acceptors (Lipinski definition) is 0. The first-order chi connectivity index (χ1) is 25.0. The summed E-state index contributed by atoms with van der Waals surface area (Å²) in [6.07, 6.45) is 4.25. The second kappa shape index (κ2) is 13.2. The van der Waals surface area contributed by atoms with E-state index in [0.717, 1.165) is 16.7 Å². The fourth-order valence-corrected chi connectivity index (χ4v) is 8.20. The van der Waals surface area contributed by atoms with E-state index >= 15 is 0 Å². The van der Waals surface area contributed by atoms with Gasteiger partial charge in [0.15, 0.2) is 0 Å². The summed E-state index contributed by atoms with van der Waals surface area (Å²) >= 11 is 0. The van der Waals surface area contributed by atoms with Crippen molar-refractivity contribution in [2.45, 2.75) is 19.3 Å². The van der Waals surface area contributed by atoms with Gasteiger partial charge in [-0.1, -0.05) is 189 Å². The number of fused-ring (bicyclic) bond motifs is 3. The summed E-state index contributed by atoms with van der Waals surface area (Å²) in [7, 11) is 0. The third-order valence-electron chi connectivity index (χ3n) is 10.6. The quantitative estimate of drug-likeness (QED) is 0.143. The van der Waals surface area contributed by atoms with E-state index in [1.165, 1.54) is 72.3 Å². The maximum Gasteiger partial charge on any atom is 0.0722 e. The Kier molecular flexibility index (Phi) is 8.30. The van der Waals surface area contributed by atoms with Crippen molar-refractivity contribution in [2.24, 2.45) is 0 Å². The minimum absolute atomic E-state index is 0.500. The summed E-state index contributed by atoms with van der Waals surface area (Å²) < 4.78 is 0. The second-order valence-corrected chi connectivity index (χ2v) is 13.5. The molecule has 0 aromatic heterocycles. The van der Waals surface area contributed by atoms with E-state index in [-0.39, 0.29) is 0 Å². The Bertz CT molecular complexity index is 2460. The second-order valence-electron chi connectivity index (χ2n) is 13.5. The predicted molar refractivity (Wildman–Crippen MR) is 219 cm³/mol. The van der Waals surface area contributed by atoms with E-state index in [1.54, 1.807) is 0 Å². The van der Waals surface area contributed by atoms with Gasteiger partial charge in [-0.3, -0.25) is 0 Å². The van der Waals surface area contributed by atoms with Crippen LogP contribution in [0.5, 0.6) is 0 Å². The molecule has 0 nitrogen and oxygen atoms in total. The fourth-order valence-electron chi connectivity index (χ4n) is 8.20. The van der Waals surface area contributed by atoms with E-state index in [1.807, 2.05) is 6.08 Å². The molecule has 0 saturated carbocycles. The van der Waals surface area contributed by atoms with Crippen molar-refractivity contribution in [1.82, 2.24) is 0 Å². The van der Waals surface area contributed by atoms with Crippen molar-refractivity contribution in [3.63, 3.8) is 0 Å². The lowest BCUT2D eigenvalue weighted by Crippen LogP contribution is -2.30. The highest BCUT2D eigenvalue weighted by molar-refractivity contribution is 5.96.